The Bertz CT molecular complexity index is 645. The largest absolute Gasteiger partial charge is 0.486 e. The van der Waals surface area contributed by atoms with Crippen molar-refractivity contribution in [1.82, 2.24) is 5.32 Å². The summed E-state index contributed by atoms with van der Waals surface area (Å²) in [6.07, 6.45) is 5.77. The topological polar surface area (TPSA) is 51.5 Å². The minimum absolute atomic E-state index is 0.133. The first kappa shape index (κ1) is 16.1. The molecule has 1 aliphatic carbocycles. The summed E-state index contributed by atoms with van der Waals surface area (Å²) in [4.78, 5) is 12.2. The van der Waals surface area contributed by atoms with Crippen molar-refractivity contribution < 1.29 is 13.9 Å². The van der Waals surface area contributed by atoms with Crippen LogP contribution in [-0.4, -0.2) is 11.9 Å². The molecule has 1 aromatic carbocycles. The molecule has 0 unspecified atom stereocenters. The summed E-state index contributed by atoms with van der Waals surface area (Å²) in [5, 5.41) is 3.05. The molecule has 0 atom stereocenters. The molecule has 1 aromatic heterocycles. The van der Waals surface area contributed by atoms with Crippen LogP contribution in [0, 0.1) is 0 Å². The molecule has 0 aliphatic heterocycles. The van der Waals surface area contributed by atoms with E-state index in [1.54, 1.807) is 12.1 Å². The number of halogens is 1. The Morgan fingerprint density at radius 3 is 2.61 bits per heavy atom. The van der Waals surface area contributed by atoms with Crippen LogP contribution in [0.2, 0.25) is 0 Å². The first-order chi connectivity index (χ1) is 11.2. The Kier molecular flexibility index (Phi) is 5.39. The van der Waals surface area contributed by atoms with E-state index in [1.807, 2.05) is 24.3 Å². The highest BCUT2D eigenvalue weighted by molar-refractivity contribution is 9.10. The zero-order chi connectivity index (χ0) is 16.1. The summed E-state index contributed by atoms with van der Waals surface area (Å²) in [5.41, 5.74) is 0. The monoisotopic (exact) mass is 377 g/mol. The van der Waals surface area contributed by atoms with Crippen LogP contribution in [-0.2, 0) is 6.61 Å². The molecule has 2 aromatic rings. The maximum atomic E-state index is 12.2. The quantitative estimate of drug-likeness (QED) is 0.822. The van der Waals surface area contributed by atoms with Gasteiger partial charge in [0.15, 0.2) is 5.76 Å². The van der Waals surface area contributed by atoms with Crippen LogP contribution in [0.5, 0.6) is 5.75 Å². The molecule has 1 heterocycles. The lowest BCUT2D eigenvalue weighted by atomic mass is 9.95. The highest BCUT2D eigenvalue weighted by atomic mass is 79.9. The van der Waals surface area contributed by atoms with Gasteiger partial charge in [0, 0.05) is 10.5 Å². The van der Waals surface area contributed by atoms with E-state index >= 15 is 0 Å². The Labute approximate surface area is 144 Å². The number of carbonyl (C=O) groups is 1. The van der Waals surface area contributed by atoms with Crippen LogP contribution < -0.4 is 10.1 Å². The summed E-state index contributed by atoms with van der Waals surface area (Å²) < 4.78 is 12.2. The van der Waals surface area contributed by atoms with E-state index in [0.717, 1.165) is 23.1 Å². The van der Waals surface area contributed by atoms with Gasteiger partial charge in [-0.3, -0.25) is 4.79 Å². The minimum atomic E-state index is -0.133. The van der Waals surface area contributed by atoms with Crippen molar-refractivity contribution in [2.24, 2.45) is 0 Å². The average Bonchev–Trinajstić information content (AvgIpc) is 3.04. The molecule has 5 heteroatoms. The normalized spacial score (nSPS) is 15.3. The molecule has 122 valence electrons. The summed E-state index contributed by atoms with van der Waals surface area (Å²) >= 11 is 3.38. The number of rotatable bonds is 5. The molecule has 3 rings (SSSR count). The van der Waals surface area contributed by atoms with Crippen molar-refractivity contribution in [3.05, 3.63) is 52.4 Å². The zero-order valence-corrected chi connectivity index (χ0v) is 14.5. The Hall–Kier alpha value is -1.75. The highest BCUT2D eigenvalue weighted by Crippen LogP contribution is 2.20. The van der Waals surface area contributed by atoms with E-state index in [-0.39, 0.29) is 11.9 Å². The lowest BCUT2D eigenvalue weighted by Gasteiger charge is -2.22. The number of hydrogen-bond acceptors (Lipinski definition) is 3. The van der Waals surface area contributed by atoms with Gasteiger partial charge < -0.3 is 14.5 Å². The summed E-state index contributed by atoms with van der Waals surface area (Å²) in [5.74, 6) is 1.62. The molecule has 0 radical (unpaired) electrons. The Morgan fingerprint density at radius 1 is 1.13 bits per heavy atom. The number of benzene rings is 1. The van der Waals surface area contributed by atoms with Gasteiger partial charge in [0.1, 0.15) is 18.1 Å². The second kappa shape index (κ2) is 7.68. The van der Waals surface area contributed by atoms with Gasteiger partial charge >= 0.3 is 0 Å². The molecule has 1 saturated carbocycles. The predicted molar refractivity (Wildman–Crippen MR) is 91.5 cm³/mol. The van der Waals surface area contributed by atoms with Crippen LogP contribution in [0.1, 0.15) is 48.4 Å². The number of furan rings is 1. The molecular weight excluding hydrogens is 358 g/mol. The van der Waals surface area contributed by atoms with Crippen LogP contribution >= 0.6 is 15.9 Å². The van der Waals surface area contributed by atoms with E-state index in [2.05, 4.69) is 21.2 Å². The summed E-state index contributed by atoms with van der Waals surface area (Å²) in [6, 6.07) is 11.4. The molecule has 1 aliphatic rings. The average molecular weight is 378 g/mol. The Morgan fingerprint density at radius 2 is 1.87 bits per heavy atom. The second-order valence-electron chi connectivity index (χ2n) is 5.82. The van der Waals surface area contributed by atoms with Crippen molar-refractivity contribution in [3.8, 4) is 5.75 Å². The van der Waals surface area contributed by atoms with Crippen molar-refractivity contribution in [2.75, 3.05) is 0 Å². The molecule has 23 heavy (non-hydrogen) atoms. The zero-order valence-electron chi connectivity index (χ0n) is 12.9. The van der Waals surface area contributed by atoms with Crippen molar-refractivity contribution >= 4 is 21.8 Å². The summed E-state index contributed by atoms with van der Waals surface area (Å²) in [7, 11) is 0. The lowest BCUT2D eigenvalue weighted by Crippen LogP contribution is -2.35. The first-order valence-corrected chi connectivity index (χ1v) is 8.78. The third-order valence-corrected chi connectivity index (χ3v) is 4.55. The standard InChI is InChI=1S/C18H20BrNO3/c19-13-6-8-15(9-7-13)22-12-16-10-11-17(23-16)18(21)20-14-4-2-1-3-5-14/h6-11,14H,1-5,12H2,(H,20,21). The number of ether oxygens (including phenoxy) is 1. The van der Waals surface area contributed by atoms with Gasteiger partial charge in [-0.25, -0.2) is 0 Å². The third-order valence-electron chi connectivity index (χ3n) is 4.02. The number of carbonyl (C=O) groups excluding carboxylic acids is 1. The molecule has 1 amide bonds. The summed E-state index contributed by atoms with van der Waals surface area (Å²) in [6.45, 7) is 0.304. The van der Waals surface area contributed by atoms with Crippen LogP contribution in [0.25, 0.3) is 0 Å². The Balaban J connectivity index is 1.52. The second-order valence-corrected chi connectivity index (χ2v) is 6.73. The van der Waals surface area contributed by atoms with Gasteiger partial charge in [-0.2, -0.15) is 0 Å². The van der Waals surface area contributed by atoms with Crippen LogP contribution in [0.3, 0.4) is 0 Å². The van der Waals surface area contributed by atoms with Gasteiger partial charge in [0.2, 0.25) is 0 Å². The molecule has 0 bridgehead atoms. The van der Waals surface area contributed by atoms with Gasteiger partial charge in [-0.1, -0.05) is 35.2 Å². The smallest absolute Gasteiger partial charge is 0.287 e. The van der Waals surface area contributed by atoms with E-state index in [4.69, 9.17) is 9.15 Å². The molecule has 0 saturated heterocycles. The lowest BCUT2D eigenvalue weighted by molar-refractivity contribution is 0.0895. The predicted octanol–water partition coefficient (Wildman–Crippen LogP) is 4.68. The van der Waals surface area contributed by atoms with Gasteiger partial charge in [0.25, 0.3) is 5.91 Å². The molecule has 4 nitrogen and oxygen atoms in total. The maximum absolute atomic E-state index is 12.2. The SMILES string of the molecule is O=C(NC1CCCCC1)c1ccc(COc2ccc(Br)cc2)o1. The molecule has 1 fully saturated rings. The fraction of sp³-hybridized carbons (Fsp3) is 0.389. The van der Waals surface area contributed by atoms with Crippen molar-refractivity contribution in [3.63, 3.8) is 0 Å². The first-order valence-electron chi connectivity index (χ1n) is 7.98. The van der Waals surface area contributed by atoms with Crippen LogP contribution in [0.4, 0.5) is 0 Å². The van der Waals surface area contributed by atoms with E-state index in [9.17, 15) is 4.79 Å². The minimum Gasteiger partial charge on any atom is -0.486 e. The van der Waals surface area contributed by atoms with Gasteiger partial charge in [-0.15, -0.1) is 0 Å². The number of amides is 1. The maximum Gasteiger partial charge on any atom is 0.287 e. The van der Waals surface area contributed by atoms with E-state index in [1.165, 1.54) is 19.3 Å². The van der Waals surface area contributed by atoms with Crippen molar-refractivity contribution in [2.45, 2.75) is 44.8 Å². The highest BCUT2D eigenvalue weighted by Gasteiger charge is 2.18. The van der Waals surface area contributed by atoms with Crippen molar-refractivity contribution in [1.29, 1.82) is 0 Å². The van der Waals surface area contributed by atoms with E-state index in [0.29, 0.717) is 18.1 Å². The van der Waals surface area contributed by atoms with E-state index < -0.39 is 0 Å². The molecular formula is C18H20BrNO3. The fourth-order valence-electron chi connectivity index (χ4n) is 2.77. The molecule has 0 spiro atoms. The third kappa shape index (κ3) is 4.61. The van der Waals surface area contributed by atoms with Crippen LogP contribution in [0.15, 0.2) is 45.3 Å². The fourth-order valence-corrected chi connectivity index (χ4v) is 3.03. The number of hydrogen-bond donors (Lipinski definition) is 1. The number of nitrogens with one attached hydrogen (secondary N) is 1. The van der Waals surface area contributed by atoms with Gasteiger partial charge in [0.05, 0.1) is 0 Å². The van der Waals surface area contributed by atoms with Gasteiger partial charge in [-0.05, 0) is 49.2 Å². The molecule has 1 N–H and O–H groups in total.